The van der Waals surface area contributed by atoms with E-state index in [0.717, 1.165) is 6.42 Å². The molecule has 0 bridgehead atoms. The lowest BCUT2D eigenvalue weighted by Crippen LogP contribution is -2.62. The molecule has 3 saturated carbocycles. The fourth-order valence-corrected chi connectivity index (χ4v) is 5.58. The van der Waals surface area contributed by atoms with Gasteiger partial charge in [-0.1, -0.05) is 6.92 Å². The first kappa shape index (κ1) is 13.7. The van der Waals surface area contributed by atoms with Crippen LogP contribution in [0.5, 0.6) is 0 Å². The van der Waals surface area contributed by atoms with Crippen LogP contribution in [0, 0.1) is 23.2 Å². The summed E-state index contributed by atoms with van der Waals surface area (Å²) < 4.78 is 11.0. The molecule has 3 fully saturated rings. The molecular formula is C16H22O5. The molecular weight excluding hydrogens is 272 g/mol. The monoisotopic (exact) mass is 294 g/mol. The molecule has 0 aromatic heterocycles. The molecule has 7 unspecified atom stereocenters. The van der Waals surface area contributed by atoms with Crippen molar-refractivity contribution in [3.05, 3.63) is 11.1 Å². The molecule has 4 rings (SSSR count). The van der Waals surface area contributed by atoms with Crippen molar-refractivity contribution in [1.82, 2.24) is 0 Å². The lowest BCUT2D eigenvalue weighted by atomic mass is 9.58. The van der Waals surface area contributed by atoms with Gasteiger partial charge in [-0.05, 0) is 38.5 Å². The van der Waals surface area contributed by atoms with E-state index in [-0.39, 0.29) is 11.5 Å². The molecule has 4 aliphatic rings. The molecule has 5 nitrogen and oxygen atoms in total. The lowest BCUT2D eigenvalue weighted by molar-refractivity contribution is -0.265. The number of methoxy groups -OCH3 is 1. The van der Waals surface area contributed by atoms with Gasteiger partial charge in [-0.3, -0.25) is 0 Å². The molecule has 21 heavy (non-hydrogen) atoms. The van der Waals surface area contributed by atoms with Crippen molar-refractivity contribution in [2.45, 2.75) is 51.1 Å². The van der Waals surface area contributed by atoms with E-state index >= 15 is 0 Å². The van der Waals surface area contributed by atoms with Crippen molar-refractivity contribution < 1.29 is 24.5 Å². The van der Waals surface area contributed by atoms with Gasteiger partial charge in [-0.2, -0.15) is 0 Å². The molecule has 7 atom stereocenters. The largest absolute Gasteiger partial charge is 0.423 e. The summed E-state index contributed by atoms with van der Waals surface area (Å²) >= 11 is 0. The number of aliphatic hydroxyl groups is 2. The molecule has 1 aliphatic heterocycles. The number of hydrogen-bond donors (Lipinski definition) is 2. The summed E-state index contributed by atoms with van der Waals surface area (Å²) in [6.45, 7) is 5.76. The fourth-order valence-electron chi connectivity index (χ4n) is 5.58. The van der Waals surface area contributed by atoms with Crippen LogP contribution in [-0.4, -0.2) is 40.8 Å². The minimum atomic E-state index is -1.85. The molecule has 0 amide bonds. The van der Waals surface area contributed by atoms with Crippen molar-refractivity contribution in [2.75, 3.05) is 7.11 Å². The topological polar surface area (TPSA) is 76.0 Å². The second-order valence-corrected chi connectivity index (χ2v) is 7.55. The van der Waals surface area contributed by atoms with Gasteiger partial charge in [0.25, 0.3) is 5.79 Å². The van der Waals surface area contributed by atoms with E-state index in [0.29, 0.717) is 29.4 Å². The van der Waals surface area contributed by atoms with Gasteiger partial charge >= 0.3 is 5.97 Å². The second kappa shape index (κ2) is 3.53. The molecule has 0 spiro atoms. The standard InChI is InChI=1S/C16H22O5/c1-7-8-6-11-14(2,9-5-10(9)15(11,3)20-4)13(18)16(8,19)21-12(7)17/h9-11,13,18-19H,5-6H2,1-4H3. The maximum Gasteiger partial charge on any atom is 0.336 e. The van der Waals surface area contributed by atoms with Crippen molar-refractivity contribution in [1.29, 1.82) is 0 Å². The van der Waals surface area contributed by atoms with Crippen LogP contribution in [0.1, 0.15) is 33.6 Å². The van der Waals surface area contributed by atoms with Crippen molar-refractivity contribution in [3.8, 4) is 0 Å². The van der Waals surface area contributed by atoms with Gasteiger partial charge in [0.15, 0.2) is 0 Å². The van der Waals surface area contributed by atoms with Crippen LogP contribution in [0.3, 0.4) is 0 Å². The number of aliphatic hydroxyl groups excluding tert-OH is 1. The van der Waals surface area contributed by atoms with Crippen LogP contribution in [-0.2, 0) is 14.3 Å². The van der Waals surface area contributed by atoms with Crippen LogP contribution in [0.2, 0.25) is 0 Å². The molecule has 0 radical (unpaired) electrons. The minimum Gasteiger partial charge on any atom is -0.423 e. The number of carbonyl (C=O) groups is 1. The Morgan fingerprint density at radius 2 is 2.00 bits per heavy atom. The first-order valence-electron chi connectivity index (χ1n) is 7.60. The summed E-state index contributed by atoms with van der Waals surface area (Å²) in [6, 6.07) is 0. The highest BCUT2D eigenvalue weighted by Crippen LogP contribution is 2.75. The van der Waals surface area contributed by atoms with Crippen molar-refractivity contribution >= 4 is 5.97 Å². The number of rotatable bonds is 1. The first-order valence-corrected chi connectivity index (χ1v) is 7.60. The third-order valence-corrected chi connectivity index (χ3v) is 7.02. The number of carbonyl (C=O) groups excluding carboxylic acids is 1. The summed E-state index contributed by atoms with van der Waals surface area (Å²) in [4.78, 5) is 11.9. The van der Waals surface area contributed by atoms with Crippen LogP contribution in [0.15, 0.2) is 11.1 Å². The smallest absolute Gasteiger partial charge is 0.336 e. The zero-order valence-corrected chi connectivity index (χ0v) is 12.8. The Kier molecular flexibility index (Phi) is 2.31. The van der Waals surface area contributed by atoms with Crippen LogP contribution in [0.4, 0.5) is 0 Å². The molecule has 3 aliphatic carbocycles. The number of fused-ring (bicyclic) bond motifs is 4. The third kappa shape index (κ3) is 1.24. The second-order valence-electron chi connectivity index (χ2n) is 7.55. The van der Waals surface area contributed by atoms with E-state index in [9.17, 15) is 15.0 Å². The van der Waals surface area contributed by atoms with Gasteiger partial charge in [-0.25, -0.2) is 4.79 Å². The van der Waals surface area contributed by atoms with E-state index in [1.54, 1.807) is 14.0 Å². The highest BCUT2D eigenvalue weighted by Gasteiger charge is 2.79. The summed E-state index contributed by atoms with van der Waals surface area (Å²) in [5.41, 5.74) is 0.156. The van der Waals surface area contributed by atoms with Crippen LogP contribution in [0.25, 0.3) is 0 Å². The predicted octanol–water partition coefficient (Wildman–Crippen LogP) is 0.990. The van der Waals surface area contributed by atoms with E-state index in [1.165, 1.54) is 0 Å². The summed E-state index contributed by atoms with van der Waals surface area (Å²) in [5.74, 6) is -1.58. The Morgan fingerprint density at radius 1 is 1.33 bits per heavy atom. The normalized spacial score (nSPS) is 57.7. The predicted molar refractivity (Wildman–Crippen MR) is 73.0 cm³/mol. The number of ether oxygens (including phenoxy) is 2. The number of hydrogen-bond acceptors (Lipinski definition) is 5. The SMILES string of the molecule is COC1(C)C2CC2C2(C)C(O)C3(O)OC(=O)C(C)=C3CC12. The van der Waals surface area contributed by atoms with Gasteiger partial charge in [0.2, 0.25) is 0 Å². The van der Waals surface area contributed by atoms with Crippen LogP contribution < -0.4 is 0 Å². The Hall–Kier alpha value is -0.910. The van der Waals surface area contributed by atoms with E-state index in [4.69, 9.17) is 9.47 Å². The average molecular weight is 294 g/mol. The Bertz CT molecular complexity index is 583. The molecule has 1 heterocycles. The van der Waals surface area contributed by atoms with E-state index in [2.05, 4.69) is 6.92 Å². The summed E-state index contributed by atoms with van der Waals surface area (Å²) in [7, 11) is 1.71. The molecule has 0 aromatic carbocycles. The van der Waals surface area contributed by atoms with E-state index in [1.807, 2.05) is 6.92 Å². The quantitative estimate of drug-likeness (QED) is 0.705. The maximum atomic E-state index is 11.9. The Morgan fingerprint density at radius 3 is 2.62 bits per heavy atom. The molecule has 116 valence electrons. The maximum absolute atomic E-state index is 11.9. The third-order valence-electron chi connectivity index (χ3n) is 7.02. The molecule has 5 heteroatoms. The molecule has 2 N–H and O–H groups in total. The minimum absolute atomic E-state index is 0.0773. The van der Waals surface area contributed by atoms with Gasteiger partial charge < -0.3 is 19.7 Å². The average Bonchev–Trinajstić information content (AvgIpc) is 3.17. The van der Waals surface area contributed by atoms with Crippen molar-refractivity contribution in [2.24, 2.45) is 23.2 Å². The fraction of sp³-hybridized carbons (Fsp3) is 0.812. The van der Waals surface area contributed by atoms with Gasteiger partial charge in [0.05, 0.1) is 5.60 Å². The van der Waals surface area contributed by atoms with Gasteiger partial charge in [0, 0.05) is 29.6 Å². The molecule has 0 saturated heterocycles. The number of esters is 1. The summed E-state index contributed by atoms with van der Waals surface area (Å²) in [5, 5.41) is 21.7. The van der Waals surface area contributed by atoms with E-state index < -0.39 is 23.3 Å². The first-order chi connectivity index (χ1) is 9.71. The van der Waals surface area contributed by atoms with Gasteiger partial charge in [0.1, 0.15) is 6.10 Å². The zero-order valence-electron chi connectivity index (χ0n) is 12.8. The summed E-state index contributed by atoms with van der Waals surface area (Å²) in [6.07, 6.45) is 0.433. The highest BCUT2D eigenvalue weighted by molar-refractivity contribution is 5.92. The Labute approximate surface area is 123 Å². The Balaban J connectivity index is 1.87. The van der Waals surface area contributed by atoms with Crippen LogP contribution >= 0.6 is 0 Å². The highest BCUT2D eigenvalue weighted by atomic mass is 16.7. The van der Waals surface area contributed by atoms with Crippen molar-refractivity contribution in [3.63, 3.8) is 0 Å². The zero-order chi connectivity index (χ0) is 15.4. The molecule has 0 aromatic rings. The van der Waals surface area contributed by atoms with Gasteiger partial charge in [-0.15, -0.1) is 0 Å². The lowest BCUT2D eigenvalue weighted by Gasteiger charge is -2.52.